The molecule has 3 amide bonds. The Balaban J connectivity index is 1.50. The molecule has 1 aliphatic heterocycles. The highest BCUT2D eigenvalue weighted by molar-refractivity contribution is 7.89. The normalized spacial score (nSPS) is 13.8. The lowest BCUT2D eigenvalue weighted by molar-refractivity contribution is -0.385. The van der Waals surface area contributed by atoms with E-state index < -0.39 is 39.2 Å². The molecule has 0 atom stereocenters. The van der Waals surface area contributed by atoms with E-state index in [1.54, 1.807) is 0 Å². The summed E-state index contributed by atoms with van der Waals surface area (Å²) in [6.45, 7) is 1.98. The Morgan fingerprint density at radius 1 is 0.971 bits per heavy atom. The van der Waals surface area contributed by atoms with E-state index in [1.165, 1.54) is 47.6 Å². The van der Waals surface area contributed by atoms with E-state index in [9.17, 15) is 32.9 Å². The molecular formula is C21H23N5O7S. The van der Waals surface area contributed by atoms with E-state index in [0.717, 1.165) is 18.9 Å². The number of hydrogen-bond donors (Lipinski definition) is 3. The topological polar surface area (TPSA) is 168 Å². The summed E-state index contributed by atoms with van der Waals surface area (Å²) in [7, 11) is -3.60. The van der Waals surface area contributed by atoms with E-state index in [4.69, 9.17) is 0 Å². The second-order valence-corrected chi connectivity index (χ2v) is 9.52. The van der Waals surface area contributed by atoms with E-state index in [1.807, 2.05) is 0 Å². The largest absolute Gasteiger partial charge is 0.343 e. The molecule has 1 fully saturated rings. The van der Waals surface area contributed by atoms with Crippen molar-refractivity contribution in [3.8, 4) is 0 Å². The Morgan fingerprint density at radius 2 is 1.59 bits per heavy atom. The van der Waals surface area contributed by atoms with Crippen molar-refractivity contribution in [2.45, 2.75) is 24.7 Å². The Bertz CT molecular complexity index is 1220. The van der Waals surface area contributed by atoms with Crippen LogP contribution in [0.15, 0.2) is 47.4 Å². The molecule has 0 aliphatic carbocycles. The minimum Gasteiger partial charge on any atom is -0.343 e. The molecule has 1 saturated heterocycles. The number of carbonyl (C=O) groups excluding carboxylic acids is 3. The maximum absolute atomic E-state index is 12.5. The van der Waals surface area contributed by atoms with Crippen LogP contribution in [0.25, 0.3) is 0 Å². The molecule has 0 spiro atoms. The lowest BCUT2D eigenvalue weighted by Crippen LogP contribution is -2.46. The molecule has 12 nitrogen and oxygen atoms in total. The van der Waals surface area contributed by atoms with Gasteiger partial charge in [0.1, 0.15) is 0 Å². The second-order valence-electron chi connectivity index (χ2n) is 7.58. The first kappa shape index (κ1) is 24.8. The Morgan fingerprint density at radius 3 is 2.21 bits per heavy atom. The van der Waals surface area contributed by atoms with Crippen molar-refractivity contribution in [1.82, 2.24) is 20.5 Å². The van der Waals surface area contributed by atoms with Gasteiger partial charge in [0.15, 0.2) is 0 Å². The number of sulfonamides is 1. The predicted molar refractivity (Wildman–Crippen MR) is 120 cm³/mol. The van der Waals surface area contributed by atoms with Crippen LogP contribution in [-0.2, 0) is 14.8 Å². The number of nitrogens with one attached hydrogen (secondary N) is 3. The fourth-order valence-electron chi connectivity index (χ4n) is 3.31. The standard InChI is InChI=1S/C21H23N5O7S/c1-14-4-5-16(12-18(14)26(30)31)20(28)22-13-19(27)23-24-21(29)15-6-8-17(9-7-15)34(32,33)25-10-2-3-11-25/h4-9,12H,2-3,10-11,13H2,1H3,(H,22,28)(H,23,27)(H,24,29). The van der Waals surface area contributed by atoms with Crippen molar-refractivity contribution in [3.05, 3.63) is 69.3 Å². The van der Waals surface area contributed by atoms with Gasteiger partial charge in [-0.25, -0.2) is 8.42 Å². The Labute approximate surface area is 195 Å². The molecule has 13 heteroatoms. The zero-order valence-electron chi connectivity index (χ0n) is 18.2. The number of nitrogens with zero attached hydrogens (tertiary/aromatic N) is 2. The maximum atomic E-state index is 12.5. The van der Waals surface area contributed by atoms with Gasteiger partial charge in [0.25, 0.3) is 23.4 Å². The summed E-state index contributed by atoms with van der Waals surface area (Å²) >= 11 is 0. The van der Waals surface area contributed by atoms with Crippen LogP contribution in [-0.4, -0.2) is 55.0 Å². The van der Waals surface area contributed by atoms with Gasteiger partial charge >= 0.3 is 0 Å². The smallest absolute Gasteiger partial charge is 0.273 e. The molecule has 0 bridgehead atoms. The highest BCUT2D eigenvalue weighted by Gasteiger charge is 2.27. The molecule has 0 radical (unpaired) electrons. The van der Waals surface area contributed by atoms with Gasteiger partial charge < -0.3 is 5.32 Å². The number of hydrogen-bond acceptors (Lipinski definition) is 7. The number of nitro groups is 1. The molecule has 1 aliphatic rings. The summed E-state index contributed by atoms with van der Waals surface area (Å²) in [5.41, 5.74) is 4.60. The van der Waals surface area contributed by atoms with Gasteiger partial charge in [-0.15, -0.1) is 0 Å². The Hall–Kier alpha value is -3.84. The maximum Gasteiger partial charge on any atom is 0.273 e. The minimum absolute atomic E-state index is 0.0121. The molecular weight excluding hydrogens is 466 g/mol. The molecule has 0 saturated carbocycles. The number of benzene rings is 2. The first-order valence-electron chi connectivity index (χ1n) is 10.3. The van der Waals surface area contributed by atoms with Crippen LogP contribution < -0.4 is 16.2 Å². The van der Waals surface area contributed by atoms with E-state index in [2.05, 4.69) is 16.2 Å². The third kappa shape index (κ3) is 5.74. The van der Waals surface area contributed by atoms with Gasteiger partial charge in [-0.2, -0.15) is 4.31 Å². The average Bonchev–Trinajstić information content (AvgIpc) is 3.37. The fraction of sp³-hybridized carbons (Fsp3) is 0.286. The van der Waals surface area contributed by atoms with Gasteiger partial charge in [0.05, 0.1) is 16.4 Å². The van der Waals surface area contributed by atoms with Gasteiger partial charge in [0, 0.05) is 35.8 Å². The molecule has 3 N–H and O–H groups in total. The van der Waals surface area contributed by atoms with Crippen molar-refractivity contribution in [2.24, 2.45) is 0 Å². The molecule has 0 aromatic heterocycles. The molecule has 0 unspecified atom stereocenters. The number of nitro benzene ring substituents is 1. The third-order valence-electron chi connectivity index (χ3n) is 5.21. The SMILES string of the molecule is Cc1ccc(C(=O)NCC(=O)NNC(=O)c2ccc(S(=O)(=O)N3CCCC3)cc2)cc1[N+](=O)[O-]. The summed E-state index contributed by atoms with van der Waals surface area (Å²) in [4.78, 5) is 46.8. The molecule has 34 heavy (non-hydrogen) atoms. The zero-order valence-corrected chi connectivity index (χ0v) is 19.1. The van der Waals surface area contributed by atoms with Crippen LogP contribution >= 0.6 is 0 Å². The van der Waals surface area contributed by atoms with Crippen molar-refractivity contribution in [3.63, 3.8) is 0 Å². The first-order valence-corrected chi connectivity index (χ1v) is 11.8. The fourth-order valence-corrected chi connectivity index (χ4v) is 4.83. The van der Waals surface area contributed by atoms with E-state index in [-0.39, 0.29) is 21.7 Å². The summed E-state index contributed by atoms with van der Waals surface area (Å²) in [5, 5.41) is 13.3. The van der Waals surface area contributed by atoms with Crippen molar-refractivity contribution in [2.75, 3.05) is 19.6 Å². The van der Waals surface area contributed by atoms with Gasteiger partial charge in [-0.1, -0.05) is 6.07 Å². The summed E-state index contributed by atoms with van der Waals surface area (Å²) in [6, 6.07) is 9.24. The third-order valence-corrected chi connectivity index (χ3v) is 7.13. The monoisotopic (exact) mass is 489 g/mol. The van der Waals surface area contributed by atoms with Crippen molar-refractivity contribution >= 4 is 33.4 Å². The molecule has 3 rings (SSSR count). The van der Waals surface area contributed by atoms with Crippen LogP contribution in [0.4, 0.5) is 5.69 Å². The summed E-state index contributed by atoms with van der Waals surface area (Å²) < 4.78 is 26.5. The van der Waals surface area contributed by atoms with Crippen LogP contribution in [0.3, 0.4) is 0 Å². The highest BCUT2D eigenvalue weighted by Crippen LogP contribution is 2.21. The molecule has 180 valence electrons. The quantitative estimate of drug-likeness (QED) is 0.383. The second kappa shape index (κ2) is 10.4. The Kier molecular flexibility index (Phi) is 7.58. The number of amides is 3. The van der Waals surface area contributed by atoms with Crippen LogP contribution in [0.5, 0.6) is 0 Å². The number of aryl methyl sites for hydroxylation is 1. The lowest BCUT2D eigenvalue weighted by atomic mass is 10.1. The van der Waals surface area contributed by atoms with Crippen molar-refractivity contribution < 1.29 is 27.7 Å². The zero-order chi connectivity index (χ0) is 24.9. The molecule has 1 heterocycles. The number of carbonyl (C=O) groups is 3. The minimum atomic E-state index is -3.60. The molecule has 2 aromatic rings. The van der Waals surface area contributed by atoms with Crippen molar-refractivity contribution in [1.29, 1.82) is 0 Å². The van der Waals surface area contributed by atoms with E-state index >= 15 is 0 Å². The van der Waals surface area contributed by atoms with Gasteiger partial charge in [-0.3, -0.25) is 35.3 Å². The van der Waals surface area contributed by atoms with Gasteiger partial charge in [-0.05, 0) is 50.1 Å². The van der Waals surface area contributed by atoms with E-state index in [0.29, 0.717) is 18.7 Å². The highest BCUT2D eigenvalue weighted by atomic mass is 32.2. The summed E-state index contributed by atoms with van der Waals surface area (Å²) in [5.74, 6) is -2.12. The number of hydrazine groups is 1. The average molecular weight is 490 g/mol. The van der Waals surface area contributed by atoms with Gasteiger partial charge in [0.2, 0.25) is 10.0 Å². The first-order chi connectivity index (χ1) is 16.1. The van der Waals surface area contributed by atoms with Crippen LogP contribution in [0.1, 0.15) is 39.1 Å². The lowest BCUT2D eigenvalue weighted by Gasteiger charge is -2.15. The summed E-state index contributed by atoms with van der Waals surface area (Å²) in [6.07, 6.45) is 1.62. The van der Waals surface area contributed by atoms with Crippen LogP contribution in [0, 0.1) is 17.0 Å². The number of rotatable bonds is 7. The van der Waals surface area contributed by atoms with Crippen LogP contribution in [0.2, 0.25) is 0 Å². The predicted octanol–water partition coefficient (Wildman–Crippen LogP) is 0.879. The molecule has 2 aromatic carbocycles.